The summed E-state index contributed by atoms with van der Waals surface area (Å²) in [6.07, 6.45) is -0.0260. The fourth-order valence-corrected chi connectivity index (χ4v) is 1.96. The molecule has 0 amide bonds. The molecule has 112 valence electrons. The highest BCUT2D eigenvalue weighted by Crippen LogP contribution is 2.19. The third kappa shape index (κ3) is 4.20. The van der Waals surface area contributed by atoms with Crippen molar-refractivity contribution in [3.8, 4) is 5.75 Å². The molecule has 1 saturated heterocycles. The summed E-state index contributed by atoms with van der Waals surface area (Å²) in [5.41, 5.74) is 1.18. The number of ether oxygens (including phenoxy) is 3. The van der Waals surface area contributed by atoms with Crippen LogP contribution in [0.4, 0.5) is 0 Å². The number of benzene rings is 1. The molecule has 0 N–H and O–H groups in total. The molecule has 1 aliphatic rings. The van der Waals surface area contributed by atoms with E-state index in [1.165, 1.54) is 0 Å². The van der Waals surface area contributed by atoms with Crippen LogP contribution in [0.1, 0.15) is 26.3 Å². The maximum Gasteiger partial charge on any atom is 0.122 e. The van der Waals surface area contributed by atoms with Gasteiger partial charge in [-0.1, -0.05) is 18.2 Å². The van der Waals surface area contributed by atoms with Crippen molar-refractivity contribution in [3.63, 3.8) is 0 Å². The molecule has 0 aromatic heterocycles. The van der Waals surface area contributed by atoms with E-state index >= 15 is 0 Å². The van der Waals surface area contributed by atoms with Crippen molar-refractivity contribution in [1.29, 1.82) is 0 Å². The Balaban J connectivity index is 1.84. The van der Waals surface area contributed by atoms with Crippen molar-refractivity contribution in [1.82, 2.24) is 4.90 Å². The topological polar surface area (TPSA) is 30.9 Å². The van der Waals surface area contributed by atoms with Crippen LogP contribution in [0, 0.1) is 6.92 Å². The molecule has 1 atom stereocenters. The van der Waals surface area contributed by atoms with Gasteiger partial charge in [-0.05, 0) is 39.3 Å². The van der Waals surface area contributed by atoms with Gasteiger partial charge < -0.3 is 14.2 Å². The normalized spacial score (nSPS) is 21.5. The molecule has 0 aliphatic carbocycles. The largest absolute Gasteiger partial charge is 0.491 e. The van der Waals surface area contributed by atoms with Crippen molar-refractivity contribution in [2.75, 3.05) is 26.7 Å². The van der Waals surface area contributed by atoms with Gasteiger partial charge in [0.05, 0.1) is 6.61 Å². The second kappa shape index (κ2) is 6.57. The monoisotopic (exact) mass is 279 g/mol. The Morgan fingerprint density at radius 1 is 1.25 bits per heavy atom. The lowest BCUT2D eigenvalue weighted by Crippen LogP contribution is -2.43. The van der Waals surface area contributed by atoms with E-state index in [-0.39, 0.29) is 11.6 Å². The van der Waals surface area contributed by atoms with Gasteiger partial charge in [-0.3, -0.25) is 4.90 Å². The zero-order valence-corrected chi connectivity index (χ0v) is 12.9. The van der Waals surface area contributed by atoms with Gasteiger partial charge in [0.1, 0.15) is 31.9 Å². The smallest absolute Gasteiger partial charge is 0.122 e. The molecule has 2 rings (SSSR count). The highest BCUT2D eigenvalue weighted by molar-refractivity contribution is 5.31. The second-order valence-corrected chi connectivity index (χ2v) is 6.20. The number of para-hydroxylation sites is 1. The number of hydrogen-bond donors (Lipinski definition) is 0. The van der Waals surface area contributed by atoms with Gasteiger partial charge in [0.15, 0.2) is 0 Å². The van der Waals surface area contributed by atoms with E-state index in [0.29, 0.717) is 26.7 Å². The average Bonchev–Trinajstić information content (AvgIpc) is 2.63. The summed E-state index contributed by atoms with van der Waals surface area (Å²) >= 11 is 0. The Labute approximate surface area is 121 Å². The van der Waals surface area contributed by atoms with E-state index in [1.807, 2.05) is 31.2 Å². The van der Waals surface area contributed by atoms with E-state index in [2.05, 4.69) is 25.7 Å². The Morgan fingerprint density at radius 2 is 2.00 bits per heavy atom. The summed E-state index contributed by atoms with van der Waals surface area (Å²) in [6.45, 7) is 10.8. The lowest BCUT2D eigenvalue weighted by atomic mass is 10.1. The zero-order valence-electron chi connectivity index (χ0n) is 12.9. The van der Waals surface area contributed by atoms with Gasteiger partial charge in [-0.15, -0.1) is 0 Å². The minimum Gasteiger partial charge on any atom is -0.491 e. The molecule has 20 heavy (non-hydrogen) atoms. The number of rotatable bonds is 3. The molecule has 1 unspecified atom stereocenters. The van der Waals surface area contributed by atoms with Crippen molar-refractivity contribution in [2.45, 2.75) is 39.3 Å². The second-order valence-electron chi connectivity index (χ2n) is 6.20. The van der Waals surface area contributed by atoms with Crippen LogP contribution in [0.25, 0.3) is 0 Å². The summed E-state index contributed by atoms with van der Waals surface area (Å²) < 4.78 is 17.4. The van der Waals surface area contributed by atoms with Crippen molar-refractivity contribution >= 4 is 0 Å². The third-order valence-electron chi connectivity index (χ3n) is 3.48. The Kier molecular flexibility index (Phi) is 5.02. The highest BCUT2D eigenvalue weighted by atomic mass is 16.6. The molecule has 4 heteroatoms. The zero-order chi connectivity index (χ0) is 14.6. The molecule has 0 spiro atoms. The average molecular weight is 279 g/mol. The number of nitrogens with zero attached hydrogens (tertiary/aromatic N) is 1. The van der Waals surface area contributed by atoms with Gasteiger partial charge in [0.25, 0.3) is 0 Å². The van der Waals surface area contributed by atoms with Crippen molar-refractivity contribution in [3.05, 3.63) is 29.8 Å². The van der Waals surface area contributed by atoms with Gasteiger partial charge in [0, 0.05) is 5.54 Å². The first-order valence-electron chi connectivity index (χ1n) is 7.09. The number of hydrogen-bond acceptors (Lipinski definition) is 4. The van der Waals surface area contributed by atoms with E-state index in [9.17, 15) is 0 Å². The first kappa shape index (κ1) is 15.3. The Bertz CT molecular complexity index is 428. The van der Waals surface area contributed by atoms with Crippen LogP contribution in [-0.2, 0) is 9.47 Å². The summed E-state index contributed by atoms with van der Waals surface area (Å²) in [5.74, 6) is 0.910. The molecule has 1 aromatic carbocycles. The molecule has 1 fully saturated rings. The van der Waals surface area contributed by atoms with Crippen LogP contribution < -0.4 is 4.74 Å². The van der Waals surface area contributed by atoms with Crippen LogP contribution >= 0.6 is 0 Å². The van der Waals surface area contributed by atoms with Gasteiger partial charge in [-0.2, -0.15) is 0 Å². The Hall–Kier alpha value is -1.10. The fraction of sp³-hybridized carbons (Fsp3) is 0.625. The molecule has 1 heterocycles. The molecular weight excluding hydrogens is 254 g/mol. The lowest BCUT2D eigenvalue weighted by molar-refractivity contribution is -0.0500. The van der Waals surface area contributed by atoms with Gasteiger partial charge >= 0.3 is 0 Å². The summed E-state index contributed by atoms with van der Waals surface area (Å²) in [4.78, 5) is 2.17. The van der Waals surface area contributed by atoms with Crippen LogP contribution in [0.2, 0.25) is 0 Å². The number of aryl methyl sites for hydroxylation is 1. The summed E-state index contributed by atoms with van der Waals surface area (Å²) in [5, 5.41) is 0. The Morgan fingerprint density at radius 3 is 2.70 bits per heavy atom. The van der Waals surface area contributed by atoms with Gasteiger partial charge in [0.2, 0.25) is 0 Å². The molecule has 1 aliphatic heterocycles. The van der Waals surface area contributed by atoms with E-state index < -0.39 is 0 Å². The molecule has 0 radical (unpaired) electrons. The maximum atomic E-state index is 5.88. The molecule has 0 saturated carbocycles. The summed E-state index contributed by atoms with van der Waals surface area (Å²) in [6, 6.07) is 8.01. The van der Waals surface area contributed by atoms with E-state index in [0.717, 1.165) is 11.3 Å². The van der Waals surface area contributed by atoms with Crippen LogP contribution in [0.15, 0.2) is 24.3 Å². The minimum atomic E-state index is -0.0260. The quantitative estimate of drug-likeness (QED) is 0.851. The van der Waals surface area contributed by atoms with E-state index in [1.54, 1.807) is 0 Å². The maximum absolute atomic E-state index is 5.88. The van der Waals surface area contributed by atoms with Crippen molar-refractivity contribution < 1.29 is 14.2 Å². The minimum absolute atomic E-state index is 0.0260. The SMILES string of the molecule is Cc1ccccc1OCC1COCN(C(C)(C)C)CO1. The van der Waals surface area contributed by atoms with E-state index in [4.69, 9.17) is 14.2 Å². The first-order valence-corrected chi connectivity index (χ1v) is 7.09. The third-order valence-corrected chi connectivity index (χ3v) is 3.48. The fourth-order valence-electron chi connectivity index (χ4n) is 1.96. The predicted molar refractivity (Wildman–Crippen MR) is 78.8 cm³/mol. The summed E-state index contributed by atoms with van der Waals surface area (Å²) in [7, 11) is 0. The molecular formula is C16H25NO3. The van der Waals surface area contributed by atoms with Crippen LogP contribution in [0.5, 0.6) is 5.75 Å². The lowest BCUT2D eigenvalue weighted by Gasteiger charge is -2.33. The van der Waals surface area contributed by atoms with Crippen LogP contribution in [-0.4, -0.2) is 43.2 Å². The van der Waals surface area contributed by atoms with Crippen LogP contribution in [0.3, 0.4) is 0 Å². The predicted octanol–water partition coefficient (Wildman–Crippen LogP) is 2.80. The molecule has 4 nitrogen and oxygen atoms in total. The standard InChI is InChI=1S/C16H25NO3/c1-13-7-5-6-8-15(13)19-10-14-9-18-11-17(12-20-14)16(2,3)4/h5-8,14H,9-12H2,1-4H3. The molecule has 1 aromatic rings. The molecule has 0 bridgehead atoms. The first-order chi connectivity index (χ1) is 9.47. The van der Waals surface area contributed by atoms with Gasteiger partial charge in [-0.25, -0.2) is 0 Å². The van der Waals surface area contributed by atoms with Crippen molar-refractivity contribution in [2.24, 2.45) is 0 Å². The highest BCUT2D eigenvalue weighted by Gasteiger charge is 2.26.